The minimum atomic E-state index is -0.677. The number of methoxy groups -OCH3 is 1. The molecule has 7 heteroatoms. The van der Waals surface area contributed by atoms with Gasteiger partial charge in [-0.2, -0.15) is 0 Å². The Kier molecular flexibility index (Phi) is 10.4. The standard InChI is InChI=1S/C29H37ClN2O4/c1-4-6-17-31(18-7-5-2)19-8-20-32-26(21-9-13-23(30)14-10-21)25(28(34)29(32)35)27(33)22-11-15-24(36-3)16-12-22/h9-16,26,33H,4-8,17-20H2,1-3H3/t26-/m1/s1. The lowest BCUT2D eigenvalue weighted by Crippen LogP contribution is -2.34. The van der Waals surface area contributed by atoms with Crippen molar-refractivity contribution in [2.24, 2.45) is 0 Å². The zero-order chi connectivity index (χ0) is 26.1. The highest BCUT2D eigenvalue weighted by molar-refractivity contribution is 6.46. The molecule has 1 amide bonds. The van der Waals surface area contributed by atoms with Crippen LogP contribution in [0.5, 0.6) is 5.75 Å². The third kappa shape index (κ3) is 6.68. The minimum absolute atomic E-state index is 0.0984. The first kappa shape index (κ1) is 27.8. The molecule has 2 aromatic rings. The molecule has 0 bridgehead atoms. The third-order valence-electron chi connectivity index (χ3n) is 6.62. The molecule has 0 spiro atoms. The summed E-state index contributed by atoms with van der Waals surface area (Å²) in [6, 6.07) is 13.2. The molecule has 6 nitrogen and oxygen atoms in total. The summed E-state index contributed by atoms with van der Waals surface area (Å²) in [4.78, 5) is 30.4. The smallest absolute Gasteiger partial charge is 0.295 e. The number of amides is 1. The van der Waals surface area contributed by atoms with Gasteiger partial charge in [0.2, 0.25) is 0 Å². The normalized spacial score (nSPS) is 17.2. The topological polar surface area (TPSA) is 70.1 Å². The van der Waals surface area contributed by atoms with E-state index in [0.29, 0.717) is 22.9 Å². The molecule has 0 unspecified atom stereocenters. The predicted octanol–water partition coefficient (Wildman–Crippen LogP) is 6.06. The molecule has 1 N–H and O–H groups in total. The van der Waals surface area contributed by atoms with Crippen molar-refractivity contribution >= 4 is 29.1 Å². The van der Waals surface area contributed by atoms with Crippen LogP contribution in [0.2, 0.25) is 5.02 Å². The number of rotatable bonds is 13. The molecule has 0 aliphatic carbocycles. The maximum atomic E-state index is 13.2. The second-order valence-electron chi connectivity index (χ2n) is 9.17. The predicted molar refractivity (Wildman–Crippen MR) is 144 cm³/mol. The lowest BCUT2D eigenvalue weighted by atomic mass is 9.95. The molecule has 36 heavy (non-hydrogen) atoms. The molecule has 0 aromatic heterocycles. The highest BCUT2D eigenvalue weighted by Gasteiger charge is 2.45. The van der Waals surface area contributed by atoms with Crippen LogP contribution >= 0.6 is 11.6 Å². The molecule has 1 fully saturated rings. The van der Waals surface area contributed by atoms with Crippen LogP contribution in [0.1, 0.15) is 63.1 Å². The van der Waals surface area contributed by atoms with Gasteiger partial charge < -0.3 is 19.6 Å². The number of benzene rings is 2. The van der Waals surface area contributed by atoms with E-state index < -0.39 is 17.7 Å². The van der Waals surface area contributed by atoms with Gasteiger partial charge in [-0.3, -0.25) is 9.59 Å². The lowest BCUT2D eigenvalue weighted by Gasteiger charge is -2.27. The van der Waals surface area contributed by atoms with Crippen LogP contribution in [0.15, 0.2) is 54.1 Å². The minimum Gasteiger partial charge on any atom is -0.507 e. The molecule has 1 heterocycles. The van der Waals surface area contributed by atoms with Gasteiger partial charge in [0.1, 0.15) is 11.5 Å². The average molecular weight is 513 g/mol. The number of likely N-dealkylation sites (tertiary alicyclic amines) is 1. The summed E-state index contributed by atoms with van der Waals surface area (Å²) < 4.78 is 5.20. The highest BCUT2D eigenvalue weighted by atomic mass is 35.5. The van der Waals surface area contributed by atoms with Gasteiger partial charge in [-0.15, -0.1) is 0 Å². The van der Waals surface area contributed by atoms with E-state index in [9.17, 15) is 14.7 Å². The SMILES string of the molecule is CCCCN(CCCC)CCCN1C(=O)C(=O)C(=C(O)c2ccc(OC)cc2)[C@H]1c1ccc(Cl)cc1. The molecular formula is C29H37ClN2O4. The molecule has 2 aromatic carbocycles. The molecular weight excluding hydrogens is 476 g/mol. The largest absolute Gasteiger partial charge is 0.507 e. The van der Waals surface area contributed by atoms with Crippen molar-refractivity contribution in [1.29, 1.82) is 0 Å². The van der Waals surface area contributed by atoms with Gasteiger partial charge in [0.15, 0.2) is 0 Å². The maximum Gasteiger partial charge on any atom is 0.295 e. The van der Waals surface area contributed by atoms with Crippen molar-refractivity contribution in [3.63, 3.8) is 0 Å². The summed E-state index contributed by atoms with van der Waals surface area (Å²) in [6.07, 6.45) is 5.30. The summed E-state index contributed by atoms with van der Waals surface area (Å²) >= 11 is 6.11. The van der Waals surface area contributed by atoms with Gasteiger partial charge in [-0.25, -0.2) is 0 Å². The van der Waals surface area contributed by atoms with Crippen molar-refractivity contribution in [2.75, 3.05) is 33.3 Å². The second-order valence-corrected chi connectivity index (χ2v) is 9.61. The Balaban J connectivity index is 1.90. The summed E-state index contributed by atoms with van der Waals surface area (Å²) in [5, 5.41) is 11.8. The number of aliphatic hydroxyl groups excluding tert-OH is 1. The fraction of sp³-hybridized carbons (Fsp3) is 0.448. The molecule has 0 saturated carbocycles. The van der Waals surface area contributed by atoms with Gasteiger partial charge in [0.05, 0.1) is 18.7 Å². The number of Topliss-reactive ketones (excluding diaryl/α,β-unsaturated/α-hetero) is 1. The van der Waals surface area contributed by atoms with Gasteiger partial charge in [0, 0.05) is 17.1 Å². The molecule has 1 aliphatic rings. The van der Waals surface area contributed by atoms with E-state index in [4.69, 9.17) is 16.3 Å². The summed E-state index contributed by atoms with van der Waals surface area (Å²) in [6.45, 7) is 7.72. The Morgan fingerprint density at radius 1 is 0.944 bits per heavy atom. The molecule has 1 saturated heterocycles. The second kappa shape index (κ2) is 13.5. The zero-order valence-electron chi connectivity index (χ0n) is 21.5. The Bertz CT molecular complexity index is 1040. The summed E-state index contributed by atoms with van der Waals surface area (Å²) in [7, 11) is 1.56. The quantitative estimate of drug-likeness (QED) is 0.200. The van der Waals surface area contributed by atoms with Crippen LogP contribution in [-0.2, 0) is 9.59 Å². The first-order valence-electron chi connectivity index (χ1n) is 12.8. The number of ketones is 1. The first-order chi connectivity index (χ1) is 17.4. The van der Waals surface area contributed by atoms with Gasteiger partial charge in [-0.05, 0) is 80.9 Å². The van der Waals surface area contributed by atoms with Crippen molar-refractivity contribution in [1.82, 2.24) is 9.80 Å². The van der Waals surface area contributed by atoms with Gasteiger partial charge in [0.25, 0.3) is 11.7 Å². The van der Waals surface area contributed by atoms with E-state index in [0.717, 1.165) is 57.3 Å². The van der Waals surface area contributed by atoms with Crippen LogP contribution in [0, 0.1) is 0 Å². The average Bonchev–Trinajstić information content (AvgIpc) is 3.15. The van der Waals surface area contributed by atoms with E-state index >= 15 is 0 Å². The molecule has 1 atom stereocenters. The number of unbranched alkanes of at least 4 members (excludes halogenated alkanes) is 2. The van der Waals surface area contributed by atoms with Crippen LogP contribution < -0.4 is 4.74 Å². The van der Waals surface area contributed by atoms with E-state index in [1.54, 1.807) is 48.4 Å². The highest BCUT2D eigenvalue weighted by Crippen LogP contribution is 2.40. The lowest BCUT2D eigenvalue weighted by molar-refractivity contribution is -0.140. The van der Waals surface area contributed by atoms with Crippen molar-refractivity contribution < 1.29 is 19.4 Å². The Labute approximate surface area is 219 Å². The van der Waals surface area contributed by atoms with Crippen molar-refractivity contribution in [2.45, 2.75) is 52.0 Å². The van der Waals surface area contributed by atoms with Crippen LogP contribution in [0.4, 0.5) is 0 Å². The summed E-state index contributed by atoms with van der Waals surface area (Å²) in [5.74, 6) is -0.807. The number of carbonyl (C=O) groups is 2. The number of aliphatic hydroxyl groups is 1. The summed E-state index contributed by atoms with van der Waals surface area (Å²) in [5.41, 5.74) is 1.29. The Morgan fingerprint density at radius 3 is 2.08 bits per heavy atom. The van der Waals surface area contributed by atoms with Gasteiger partial charge >= 0.3 is 0 Å². The fourth-order valence-corrected chi connectivity index (χ4v) is 4.70. The molecule has 0 radical (unpaired) electrons. The fourth-order valence-electron chi connectivity index (χ4n) is 4.57. The molecule has 194 valence electrons. The van der Waals surface area contributed by atoms with E-state index in [2.05, 4.69) is 18.7 Å². The van der Waals surface area contributed by atoms with Crippen LogP contribution in [-0.4, -0.2) is 59.9 Å². The molecule has 1 aliphatic heterocycles. The number of hydrogen-bond donors (Lipinski definition) is 1. The van der Waals surface area contributed by atoms with Crippen LogP contribution in [0.3, 0.4) is 0 Å². The van der Waals surface area contributed by atoms with Crippen molar-refractivity contribution in [3.05, 3.63) is 70.3 Å². The third-order valence-corrected chi connectivity index (χ3v) is 6.87. The number of nitrogens with zero attached hydrogens (tertiary/aromatic N) is 2. The van der Waals surface area contributed by atoms with Crippen LogP contribution in [0.25, 0.3) is 5.76 Å². The number of hydrogen-bond acceptors (Lipinski definition) is 5. The monoisotopic (exact) mass is 512 g/mol. The van der Waals surface area contributed by atoms with E-state index in [1.807, 2.05) is 12.1 Å². The zero-order valence-corrected chi connectivity index (χ0v) is 22.3. The Hall–Kier alpha value is -2.83. The number of carbonyl (C=O) groups excluding carboxylic acids is 2. The van der Waals surface area contributed by atoms with E-state index in [-0.39, 0.29) is 11.3 Å². The molecule has 3 rings (SSSR count). The first-order valence-corrected chi connectivity index (χ1v) is 13.2. The Morgan fingerprint density at radius 2 is 1.53 bits per heavy atom. The van der Waals surface area contributed by atoms with Crippen molar-refractivity contribution in [3.8, 4) is 5.75 Å². The number of halogens is 1. The van der Waals surface area contributed by atoms with E-state index in [1.165, 1.54) is 0 Å². The number of ether oxygens (including phenoxy) is 1. The van der Waals surface area contributed by atoms with Gasteiger partial charge in [-0.1, -0.05) is 50.4 Å². The maximum absolute atomic E-state index is 13.2.